The number of hydrogen-bond acceptors (Lipinski definition) is 10. The molecule has 4 rings (SSSR count). The number of thiophene rings is 1. The summed E-state index contributed by atoms with van der Waals surface area (Å²) in [6.07, 6.45) is 3.56. The van der Waals surface area contributed by atoms with E-state index in [9.17, 15) is 4.79 Å². The first-order valence-electron chi connectivity index (χ1n) is 10.5. The largest absolute Gasteiger partial charge is 0.378 e. The number of aromatic nitrogens is 4. The number of aliphatic imine (C=N–C) groups is 2. The molecule has 1 fully saturated rings. The summed E-state index contributed by atoms with van der Waals surface area (Å²) < 4.78 is 7.54. The van der Waals surface area contributed by atoms with Crippen LogP contribution in [0.2, 0.25) is 0 Å². The molecule has 0 N–H and O–H groups in total. The fourth-order valence-corrected chi connectivity index (χ4v) is 4.18. The van der Waals surface area contributed by atoms with Crippen LogP contribution in [0.15, 0.2) is 39.3 Å². The van der Waals surface area contributed by atoms with Crippen LogP contribution in [0.4, 0.5) is 5.82 Å². The standard InChI is InChI=1S/C22H26N8O2S/c1-23-11-16(14-31)12-24-15-28(2)13-18-25-19-21(29(18)3)26-20(17-5-4-10-33-17)27-22(19)30-6-8-32-9-7-30/h4-5,10-12,14H,1,6-9,13,15H2,2-3H3/b16-11+,24-12-. The minimum Gasteiger partial charge on any atom is -0.378 e. The molecule has 0 atom stereocenters. The molecule has 3 aromatic heterocycles. The molecule has 3 aromatic rings. The van der Waals surface area contributed by atoms with Gasteiger partial charge in [0.2, 0.25) is 0 Å². The molecule has 0 bridgehead atoms. The van der Waals surface area contributed by atoms with Gasteiger partial charge in [0.15, 0.2) is 29.1 Å². The van der Waals surface area contributed by atoms with Gasteiger partial charge in [-0.05, 0) is 25.2 Å². The Labute approximate surface area is 196 Å². The summed E-state index contributed by atoms with van der Waals surface area (Å²) in [6.45, 7) is 7.17. The van der Waals surface area contributed by atoms with Crippen molar-refractivity contribution in [3.05, 3.63) is 35.1 Å². The number of anilines is 1. The predicted octanol–water partition coefficient (Wildman–Crippen LogP) is 2.17. The zero-order valence-corrected chi connectivity index (χ0v) is 19.5. The molecule has 33 heavy (non-hydrogen) atoms. The normalized spacial score (nSPS) is 15.1. The lowest BCUT2D eigenvalue weighted by atomic mass is 10.3. The number of aryl methyl sites for hydroxylation is 1. The van der Waals surface area contributed by atoms with Crippen LogP contribution >= 0.6 is 11.3 Å². The Morgan fingerprint density at radius 1 is 1.33 bits per heavy atom. The number of hydrogen-bond donors (Lipinski definition) is 0. The van der Waals surface area contributed by atoms with Crippen molar-refractivity contribution in [1.82, 2.24) is 24.4 Å². The van der Waals surface area contributed by atoms with E-state index in [-0.39, 0.29) is 0 Å². The molecule has 1 aliphatic rings. The summed E-state index contributed by atoms with van der Waals surface area (Å²) in [7, 11) is 3.91. The minimum absolute atomic E-state index is 0.368. The van der Waals surface area contributed by atoms with Gasteiger partial charge >= 0.3 is 0 Å². The number of rotatable bonds is 9. The lowest BCUT2D eigenvalue weighted by Crippen LogP contribution is -2.37. The van der Waals surface area contributed by atoms with Crippen LogP contribution in [0, 0.1) is 0 Å². The second-order valence-corrected chi connectivity index (χ2v) is 8.55. The van der Waals surface area contributed by atoms with Crippen LogP contribution < -0.4 is 4.90 Å². The highest BCUT2D eigenvalue weighted by molar-refractivity contribution is 7.13. The van der Waals surface area contributed by atoms with Crippen molar-refractivity contribution < 1.29 is 9.53 Å². The van der Waals surface area contributed by atoms with E-state index in [0.717, 1.165) is 40.8 Å². The van der Waals surface area contributed by atoms with Gasteiger partial charge in [-0.15, -0.1) is 11.3 Å². The van der Waals surface area contributed by atoms with E-state index in [1.165, 1.54) is 12.4 Å². The van der Waals surface area contributed by atoms with Gasteiger partial charge in [0.1, 0.15) is 5.82 Å². The first-order chi connectivity index (χ1) is 16.1. The number of ether oxygens (including phenoxy) is 1. The number of allylic oxidation sites excluding steroid dienone is 1. The molecule has 4 heterocycles. The van der Waals surface area contributed by atoms with E-state index in [1.54, 1.807) is 11.3 Å². The number of imidazole rings is 1. The Hall–Kier alpha value is -3.28. The topological polar surface area (TPSA) is 101 Å². The Bertz CT molecular complexity index is 1180. The van der Waals surface area contributed by atoms with Crippen molar-refractivity contribution in [3.8, 4) is 10.7 Å². The van der Waals surface area contributed by atoms with Gasteiger partial charge in [0.25, 0.3) is 0 Å². The fourth-order valence-electron chi connectivity index (χ4n) is 3.52. The highest BCUT2D eigenvalue weighted by atomic mass is 32.1. The highest BCUT2D eigenvalue weighted by Crippen LogP contribution is 2.30. The van der Waals surface area contributed by atoms with Crippen LogP contribution in [0.5, 0.6) is 0 Å². The van der Waals surface area contributed by atoms with Crippen LogP contribution in [-0.4, -0.2) is 83.7 Å². The monoisotopic (exact) mass is 466 g/mol. The Morgan fingerprint density at radius 3 is 2.85 bits per heavy atom. The molecule has 0 saturated carbocycles. The lowest BCUT2D eigenvalue weighted by molar-refractivity contribution is -0.104. The maximum atomic E-state index is 11.0. The molecule has 0 spiro atoms. The Kier molecular flexibility index (Phi) is 7.33. The van der Waals surface area contributed by atoms with E-state index in [0.29, 0.717) is 44.1 Å². The summed E-state index contributed by atoms with van der Waals surface area (Å²) in [5, 5.41) is 2.03. The lowest BCUT2D eigenvalue weighted by Gasteiger charge is -2.28. The van der Waals surface area contributed by atoms with E-state index in [2.05, 4.69) is 21.6 Å². The summed E-state index contributed by atoms with van der Waals surface area (Å²) in [5.74, 6) is 2.40. The van der Waals surface area contributed by atoms with E-state index >= 15 is 0 Å². The predicted molar refractivity (Wildman–Crippen MR) is 131 cm³/mol. The van der Waals surface area contributed by atoms with E-state index < -0.39 is 0 Å². The van der Waals surface area contributed by atoms with Gasteiger partial charge in [-0.25, -0.2) is 15.0 Å². The number of carbonyl (C=O) groups excluding carboxylic acids is 1. The molecule has 0 amide bonds. The Balaban J connectivity index is 1.64. The molecule has 11 heteroatoms. The number of morpholine rings is 1. The van der Waals surface area contributed by atoms with Gasteiger partial charge in [-0.3, -0.25) is 19.7 Å². The highest BCUT2D eigenvalue weighted by Gasteiger charge is 2.23. The van der Waals surface area contributed by atoms with Crippen LogP contribution in [0.3, 0.4) is 0 Å². The SMILES string of the molecule is C=N/C=C(C=O)\C=N/CN(C)Cc1nc2c(N3CCOCC3)nc(-c3cccs3)nc2n1C. The van der Waals surface area contributed by atoms with Crippen molar-refractivity contribution >= 4 is 47.5 Å². The van der Waals surface area contributed by atoms with Crippen molar-refractivity contribution in [2.24, 2.45) is 17.0 Å². The van der Waals surface area contributed by atoms with Crippen molar-refractivity contribution in [2.75, 3.05) is 44.9 Å². The summed E-state index contributed by atoms with van der Waals surface area (Å²) in [6, 6.07) is 4.03. The van der Waals surface area contributed by atoms with E-state index in [4.69, 9.17) is 19.7 Å². The van der Waals surface area contributed by atoms with E-state index in [1.807, 2.05) is 41.1 Å². The first kappa shape index (κ1) is 22.9. The van der Waals surface area contributed by atoms with Crippen molar-refractivity contribution in [3.63, 3.8) is 0 Å². The Morgan fingerprint density at radius 2 is 2.15 bits per heavy atom. The zero-order chi connectivity index (χ0) is 23.2. The molecule has 0 aliphatic carbocycles. The zero-order valence-electron chi connectivity index (χ0n) is 18.7. The summed E-state index contributed by atoms with van der Waals surface area (Å²) >= 11 is 1.62. The molecule has 172 valence electrons. The van der Waals surface area contributed by atoms with Gasteiger partial charge in [-0.2, -0.15) is 0 Å². The van der Waals surface area contributed by atoms with Crippen LogP contribution in [-0.2, 0) is 23.1 Å². The summed E-state index contributed by atoms with van der Waals surface area (Å²) in [4.78, 5) is 38.8. The van der Waals surface area contributed by atoms with Crippen molar-refractivity contribution in [2.45, 2.75) is 6.54 Å². The first-order valence-corrected chi connectivity index (χ1v) is 11.4. The maximum Gasteiger partial charge on any atom is 0.174 e. The van der Waals surface area contributed by atoms with Gasteiger partial charge in [0, 0.05) is 32.6 Å². The molecule has 1 aliphatic heterocycles. The number of aldehydes is 1. The molecule has 0 radical (unpaired) electrons. The average molecular weight is 467 g/mol. The summed E-state index contributed by atoms with van der Waals surface area (Å²) in [5.41, 5.74) is 1.95. The number of fused-ring (bicyclic) bond motifs is 1. The van der Waals surface area contributed by atoms with Gasteiger partial charge in [0.05, 0.1) is 36.9 Å². The number of nitrogens with zero attached hydrogens (tertiary/aromatic N) is 8. The number of carbonyl (C=O) groups is 1. The second kappa shape index (κ2) is 10.6. The molecular formula is C22H26N8O2S. The third kappa shape index (κ3) is 5.21. The average Bonchev–Trinajstić information content (AvgIpc) is 3.47. The van der Waals surface area contributed by atoms with Gasteiger partial charge in [-0.1, -0.05) is 6.07 Å². The van der Waals surface area contributed by atoms with Crippen molar-refractivity contribution in [1.29, 1.82) is 0 Å². The minimum atomic E-state index is 0.368. The van der Waals surface area contributed by atoms with Gasteiger partial charge < -0.3 is 14.2 Å². The molecule has 10 nitrogen and oxygen atoms in total. The molecule has 0 aromatic carbocycles. The molecule has 0 unspecified atom stereocenters. The fraction of sp³-hybridized carbons (Fsp3) is 0.364. The smallest absolute Gasteiger partial charge is 0.174 e. The third-order valence-electron chi connectivity index (χ3n) is 5.20. The molecule has 1 saturated heterocycles. The maximum absolute atomic E-state index is 11.0. The van der Waals surface area contributed by atoms with Crippen LogP contribution in [0.25, 0.3) is 21.9 Å². The molecular weight excluding hydrogens is 440 g/mol. The second-order valence-electron chi connectivity index (χ2n) is 7.60. The third-order valence-corrected chi connectivity index (χ3v) is 6.06. The quantitative estimate of drug-likeness (QED) is 0.271. The van der Waals surface area contributed by atoms with Crippen LogP contribution in [0.1, 0.15) is 5.82 Å².